The lowest BCUT2D eigenvalue weighted by molar-refractivity contribution is 0.0563. The van der Waals surface area contributed by atoms with Crippen molar-refractivity contribution in [3.63, 3.8) is 0 Å². The van der Waals surface area contributed by atoms with Gasteiger partial charge in [0.2, 0.25) is 11.5 Å². The molecular weight excluding hydrogens is 242 g/mol. The number of aromatic nitrogens is 1. The zero-order valence-corrected chi connectivity index (χ0v) is 10.0. The molecule has 6 heteroatoms. The van der Waals surface area contributed by atoms with E-state index in [0.717, 1.165) is 0 Å². The van der Waals surface area contributed by atoms with E-state index < -0.39 is 5.97 Å². The summed E-state index contributed by atoms with van der Waals surface area (Å²) in [6.45, 7) is 1.74. The normalized spacial score (nSPS) is 10.2. The molecular formula is C11H9NO4S. The molecule has 0 bridgehead atoms. The van der Waals surface area contributed by atoms with Gasteiger partial charge in [0, 0.05) is 0 Å². The molecule has 2 heterocycles. The molecule has 0 aliphatic heterocycles. The van der Waals surface area contributed by atoms with Crippen LogP contribution in [-0.2, 0) is 4.74 Å². The van der Waals surface area contributed by atoms with Gasteiger partial charge in [-0.1, -0.05) is 0 Å². The third kappa shape index (κ3) is 2.12. The smallest absolute Gasteiger partial charge is 0.373 e. The fourth-order valence-corrected chi connectivity index (χ4v) is 2.05. The first kappa shape index (κ1) is 11.5. The van der Waals surface area contributed by atoms with Crippen LogP contribution < -0.4 is 0 Å². The van der Waals surface area contributed by atoms with Gasteiger partial charge in [0.15, 0.2) is 5.76 Å². The SMILES string of the molecule is COC(=O)c1ccc(C(=O)c2scnc2C)o1. The van der Waals surface area contributed by atoms with Crippen molar-refractivity contribution >= 4 is 23.1 Å². The first-order valence-corrected chi connectivity index (χ1v) is 5.64. The van der Waals surface area contributed by atoms with E-state index in [2.05, 4.69) is 9.72 Å². The van der Waals surface area contributed by atoms with Gasteiger partial charge in [0.1, 0.15) is 4.88 Å². The van der Waals surface area contributed by atoms with Gasteiger partial charge in [-0.2, -0.15) is 0 Å². The van der Waals surface area contributed by atoms with E-state index in [0.29, 0.717) is 10.6 Å². The number of furan rings is 1. The number of carbonyl (C=O) groups excluding carboxylic acids is 2. The summed E-state index contributed by atoms with van der Waals surface area (Å²) in [4.78, 5) is 27.6. The summed E-state index contributed by atoms with van der Waals surface area (Å²) >= 11 is 1.24. The number of aryl methyl sites for hydroxylation is 1. The van der Waals surface area contributed by atoms with E-state index >= 15 is 0 Å². The van der Waals surface area contributed by atoms with E-state index in [-0.39, 0.29) is 17.3 Å². The Morgan fingerprint density at radius 3 is 2.65 bits per heavy atom. The zero-order chi connectivity index (χ0) is 12.4. The molecule has 5 nitrogen and oxygen atoms in total. The van der Waals surface area contributed by atoms with E-state index in [1.165, 1.54) is 30.6 Å². The van der Waals surface area contributed by atoms with Gasteiger partial charge in [-0.3, -0.25) is 4.79 Å². The summed E-state index contributed by atoms with van der Waals surface area (Å²) in [5.41, 5.74) is 2.24. The predicted molar refractivity (Wildman–Crippen MR) is 60.3 cm³/mol. The highest BCUT2D eigenvalue weighted by Gasteiger charge is 2.20. The number of esters is 1. The highest BCUT2D eigenvalue weighted by atomic mass is 32.1. The standard InChI is InChI=1S/C11H9NO4S/c1-6-10(17-5-12-6)9(13)7-3-4-8(16-7)11(14)15-2/h3-5H,1-2H3. The third-order valence-corrected chi connectivity index (χ3v) is 3.10. The van der Waals surface area contributed by atoms with Gasteiger partial charge < -0.3 is 9.15 Å². The number of hydrogen-bond donors (Lipinski definition) is 0. The maximum Gasteiger partial charge on any atom is 0.373 e. The number of ketones is 1. The number of methoxy groups -OCH3 is 1. The summed E-state index contributed by atoms with van der Waals surface area (Å²) in [5, 5.41) is 0. The Balaban J connectivity index is 2.30. The molecule has 0 spiro atoms. The molecule has 0 saturated carbocycles. The lowest BCUT2D eigenvalue weighted by Gasteiger charge is -1.95. The topological polar surface area (TPSA) is 69.4 Å². The summed E-state index contributed by atoms with van der Waals surface area (Å²) in [6.07, 6.45) is 0. The minimum Gasteiger partial charge on any atom is -0.463 e. The molecule has 0 radical (unpaired) electrons. The minimum absolute atomic E-state index is 0.0121. The number of thiazole rings is 1. The second kappa shape index (κ2) is 4.50. The van der Waals surface area contributed by atoms with Crippen molar-refractivity contribution < 1.29 is 18.7 Å². The van der Waals surface area contributed by atoms with Crippen molar-refractivity contribution in [1.82, 2.24) is 4.98 Å². The van der Waals surface area contributed by atoms with E-state index in [9.17, 15) is 9.59 Å². The van der Waals surface area contributed by atoms with Crippen LogP contribution in [0.2, 0.25) is 0 Å². The second-order valence-corrected chi connectivity index (χ2v) is 4.11. The molecule has 0 aliphatic carbocycles. The van der Waals surface area contributed by atoms with Crippen LogP contribution in [0.4, 0.5) is 0 Å². The number of ether oxygens (including phenoxy) is 1. The van der Waals surface area contributed by atoms with Gasteiger partial charge in [0.25, 0.3) is 0 Å². The van der Waals surface area contributed by atoms with Gasteiger partial charge >= 0.3 is 5.97 Å². The molecule has 0 amide bonds. The summed E-state index contributed by atoms with van der Waals surface area (Å²) in [6, 6.07) is 2.86. The molecule has 0 aromatic carbocycles. The molecule has 88 valence electrons. The van der Waals surface area contributed by atoms with Crippen LogP contribution in [0, 0.1) is 6.92 Å². The largest absolute Gasteiger partial charge is 0.463 e. The first-order chi connectivity index (χ1) is 8.13. The number of rotatable bonds is 3. The Morgan fingerprint density at radius 1 is 1.35 bits per heavy atom. The molecule has 17 heavy (non-hydrogen) atoms. The molecule has 0 saturated heterocycles. The van der Waals surface area contributed by atoms with Gasteiger partial charge in [0.05, 0.1) is 18.3 Å². The van der Waals surface area contributed by atoms with Crippen LogP contribution in [0.5, 0.6) is 0 Å². The lowest BCUT2D eigenvalue weighted by Crippen LogP contribution is -2.01. The molecule has 0 aliphatic rings. The Bertz CT molecular complexity index is 570. The van der Waals surface area contributed by atoms with Crippen molar-refractivity contribution in [1.29, 1.82) is 0 Å². The highest BCUT2D eigenvalue weighted by molar-refractivity contribution is 7.12. The van der Waals surface area contributed by atoms with Crippen LogP contribution in [0.1, 0.15) is 31.7 Å². The molecule has 2 aromatic rings. The highest BCUT2D eigenvalue weighted by Crippen LogP contribution is 2.19. The Kier molecular flexibility index (Phi) is 3.06. The Hall–Kier alpha value is -1.95. The average molecular weight is 251 g/mol. The number of carbonyl (C=O) groups is 2. The fraction of sp³-hybridized carbons (Fsp3) is 0.182. The van der Waals surface area contributed by atoms with Crippen molar-refractivity contribution in [3.8, 4) is 0 Å². The van der Waals surface area contributed by atoms with E-state index in [1.54, 1.807) is 12.4 Å². The number of hydrogen-bond acceptors (Lipinski definition) is 6. The summed E-state index contributed by atoms with van der Waals surface area (Å²) in [7, 11) is 1.25. The Labute approximate surface area is 101 Å². The van der Waals surface area contributed by atoms with Crippen LogP contribution in [0.15, 0.2) is 22.1 Å². The summed E-state index contributed by atoms with van der Waals surface area (Å²) in [5.74, 6) is -0.763. The minimum atomic E-state index is -0.606. The Morgan fingerprint density at radius 2 is 2.06 bits per heavy atom. The van der Waals surface area contributed by atoms with Crippen LogP contribution in [-0.4, -0.2) is 23.8 Å². The molecule has 0 N–H and O–H groups in total. The average Bonchev–Trinajstić information content (AvgIpc) is 2.95. The molecule has 0 fully saturated rings. The van der Waals surface area contributed by atoms with Crippen molar-refractivity contribution in [2.24, 2.45) is 0 Å². The van der Waals surface area contributed by atoms with Gasteiger partial charge in [-0.15, -0.1) is 11.3 Å². The van der Waals surface area contributed by atoms with Crippen LogP contribution in [0.25, 0.3) is 0 Å². The van der Waals surface area contributed by atoms with Crippen molar-refractivity contribution in [3.05, 3.63) is 39.7 Å². The maximum absolute atomic E-state index is 12.0. The van der Waals surface area contributed by atoms with Crippen LogP contribution >= 0.6 is 11.3 Å². The predicted octanol–water partition coefficient (Wildman–Crippen LogP) is 2.06. The summed E-state index contributed by atoms with van der Waals surface area (Å²) < 4.78 is 9.62. The van der Waals surface area contributed by atoms with Gasteiger partial charge in [-0.25, -0.2) is 9.78 Å². The van der Waals surface area contributed by atoms with Crippen molar-refractivity contribution in [2.45, 2.75) is 6.92 Å². The molecule has 0 unspecified atom stereocenters. The maximum atomic E-state index is 12.0. The fourth-order valence-electron chi connectivity index (χ4n) is 1.30. The lowest BCUT2D eigenvalue weighted by atomic mass is 10.2. The van der Waals surface area contributed by atoms with Gasteiger partial charge in [-0.05, 0) is 19.1 Å². The van der Waals surface area contributed by atoms with E-state index in [1.807, 2.05) is 0 Å². The van der Waals surface area contributed by atoms with Crippen LogP contribution in [0.3, 0.4) is 0 Å². The molecule has 2 rings (SSSR count). The first-order valence-electron chi connectivity index (χ1n) is 4.76. The zero-order valence-electron chi connectivity index (χ0n) is 9.22. The quantitative estimate of drug-likeness (QED) is 0.617. The van der Waals surface area contributed by atoms with E-state index in [4.69, 9.17) is 4.42 Å². The van der Waals surface area contributed by atoms with Crippen molar-refractivity contribution in [2.75, 3.05) is 7.11 Å². The monoisotopic (exact) mass is 251 g/mol. The molecule has 2 aromatic heterocycles. The third-order valence-electron chi connectivity index (χ3n) is 2.17. The molecule has 0 atom stereocenters. The second-order valence-electron chi connectivity index (χ2n) is 3.25. The number of nitrogens with zero attached hydrogens (tertiary/aromatic N) is 1.